The van der Waals surface area contributed by atoms with Crippen LogP contribution in [0.25, 0.3) is 11.1 Å². The quantitative estimate of drug-likeness (QED) is 0.470. The highest BCUT2D eigenvalue weighted by atomic mass is 32.2. The van der Waals surface area contributed by atoms with E-state index in [-0.39, 0.29) is 11.5 Å². The number of benzene rings is 2. The van der Waals surface area contributed by atoms with Gasteiger partial charge in [0.1, 0.15) is 0 Å². The van der Waals surface area contributed by atoms with Gasteiger partial charge in [-0.15, -0.1) is 0 Å². The number of phenols is 2. The van der Waals surface area contributed by atoms with Crippen molar-refractivity contribution >= 4 is 11.4 Å². The fourth-order valence-corrected chi connectivity index (χ4v) is 1.38. The normalized spacial score (nSPS) is 9.72. The van der Waals surface area contributed by atoms with Gasteiger partial charge in [0.25, 0.3) is 11.4 Å². The Hall–Kier alpha value is -1.89. The molecular weight excluding hydrogens is 256 g/mol. The van der Waals surface area contributed by atoms with Crippen LogP contribution < -0.4 is 0 Å². The molecule has 2 aromatic rings. The number of para-hydroxylation sites is 1. The molecule has 2 rings (SSSR count). The fraction of sp³-hybridized carbons (Fsp3) is 0. The van der Waals surface area contributed by atoms with Crippen LogP contribution in [0.3, 0.4) is 0 Å². The summed E-state index contributed by atoms with van der Waals surface area (Å²) < 4.78 is 22.8. The smallest absolute Gasteiger partial charge is 0.299 e. The second kappa shape index (κ2) is 6.75. The number of phenolic OH excluding ortho intramolecular Hbond substituents is 2. The molecule has 0 aromatic heterocycles. The van der Waals surface area contributed by atoms with Crippen molar-refractivity contribution in [1.82, 2.24) is 0 Å². The van der Waals surface area contributed by atoms with Crippen LogP contribution >= 0.6 is 0 Å². The maximum Gasteiger partial charge on any atom is 0.299 e. The summed E-state index contributed by atoms with van der Waals surface area (Å²) in [4.78, 5) is 0. The number of aromatic hydroxyl groups is 2. The lowest BCUT2D eigenvalue weighted by Gasteiger charge is -2.05. The predicted octanol–water partition coefficient (Wildman–Crippen LogP) is 2.45. The molecule has 18 heavy (non-hydrogen) atoms. The Morgan fingerprint density at radius 2 is 1.39 bits per heavy atom. The first-order valence-electron chi connectivity index (χ1n) is 4.88. The van der Waals surface area contributed by atoms with Crippen molar-refractivity contribution in [2.75, 3.05) is 0 Å². The van der Waals surface area contributed by atoms with Crippen molar-refractivity contribution in [3.63, 3.8) is 0 Å². The van der Waals surface area contributed by atoms with E-state index in [1.165, 1.54) is 6.07 Å². The van der Waals surface area contributed by atoms with Gasteiger partial charge >= 0.3 is 0 Å². The molecule has 2 aromatic carbocycles. The zero-order chi connectivity index (χ0) is 13.5. The van der Waals surface area contributed by atoms with Gasteiger partial charge in [0.15, 0.2) is 11.5 Å². The third-order valence-corrected chi connectivity index (χ3v) is 2.10. The molecule has 0 saturated carbocycles. The average Bonchev–Trinajstić information content (AvgIpc) is 2.33. The van der Waals surface area contributed by atoms with Crippen LogP contribution in [0.1, 0.15) is 0 Å². The average molecular weight is 268 g/mol. The predicted molar refractivity (Wildman–Crippen MR) is 68.6 cm³/mol. The minimum Gasteiger partial charge on any atom is -0.504 e. The van der Waals surface area contributed by atoms with Crippen molar-refractivity contribution in [1.29, 1.82) is 0 Å². The van der Waals surface area contributed by atoms with E-state index in [0.717, 1.165) is 5.56 Å². The SMILES string of the molecule is O=S(O)O.Oc1cccc(-c2ccccc2)c1O. The molecule has 0 aliphatic heterocycles. The molecule has 0 heterocycles. The molecule has 4 N–H and O–H groups in total. The van der Waals surface area contributed by atoms with E-state index in [1.807, 2.05) is 30.3 Å². The lowest BCUT2D eigenvalue weighted by molar-refractivity contribution is 0.405. The highest BCUT2D eigenvalue weighted by Gasteiger charge is 2.06. The van der Waals surface area contributed by atoms with Crippen molar-refractivity contribution in [3.8, 4) is 22.6 Å². The first-order chi connectivity index (χ1) is 8.52. The maximum atomic E-state index is 9.60. The summed E-state index contributed by atoms with van der Waals surface area (Å²) in [6.07, 6.45) is 0. The van der Waals surface area contributed by atoms with E-state index in [2.05, 4.69) is 0 Å². The van der Waals surface area contributed by atoms with Gasteiger partial charge < -0.3 is 10.2 Å². The Morgan fingerprint density at radius 3 is 1.94 bits per heavy atom. The summed E-state index contributed by atoms with van der Waals surface area (Å²) in [6.45, 7) is 0. The molecule has 5 nitrogen and oxygen atoms in total. The molecule has 0 aliphatic rings. The van der Waals surface area contributed by atoms with Crippen LogP contribution in [0.5, 0.6) is 11.5 Å². The fourth-order valence-electron chi connectivity index (χ4n) is 1.38. The summed E-state index contributed by atoms with van der Waals surface area (Å²) in [5.74, 6) is -0.162. The van der Waals surface area contributed by atoms with Gasteiger partial charge in [0, 0.05) is 5.56 Å². The van der Waals surface area contributed by atoms with Crippen LogP contribution in [-0.2, 0) is 11.4 Å². The van der Waals surface area contributed by atoms with Crippen LogP contribution in [0.15, 0.2) is 48.5 Å². The molecular formula is C12H12O5S. The Bertz CT molecular complexity index is 523. The second-order valence-corrected chi connectivity index (χ2v) is 3.73. The molecule has 0 fully saturated rings. The lowest BCUT2D eigenvalue weighted by Crippen LogP contribution is -1.78. The van der Waals surface area contributed by atoms with Crippen LogP contribution in [0.2, 0.25) is 0 Å². The van der Waals surface area contributed by atoms with E-state index in [4.69, 9.17) is 13.3 Å². The third-order valence-electron chi connectivity index (χ3n) is 2.10. The molecule has 0 unspecified atom stereocenters. The highest BCUT2D eigenvalue weighted by Crippen LogP contribution is 2.35. The van der Waals surface area contributed by atoms with E-state index >= 15 is 0 Å². The minimum atomic E-state index is -2.61. The molecule has 0 amide bonds. The zero-order valence-corrected chi connectivity index (χ0v) is 10.0. The highest BCUT2D eigenvalue weighted by molar-refractivity contribution is 7.73. The van der Waals surface area contributed by atoms with Gasteiger partial charge in [0.05, 0.1) is 0 Å². The number of hydrogen-bond acceptors (Lipinski definition) is 3. The van der Waals surface area contributed by atoms with Crippen LogP contribution in [0, 0.1) is 0 Å². The molecule has 0 radical (unpaired) electrons. The second-order valence-electron chi connectivity index (χ2n) is 3.27. The largest absolute Gasteiger partial charge is 0.504 e. The lowest BCUT2D eigenvalue weighted by atomic mass is 10.0. The monoisotopic (exact) mass is 268 g/mol. The first-order valence-corrected chi connectivity index (χ1v) is 5.95. The summed E-state index contributed by atoms with van der Waals surface area (Å²) in [5, 5.41) is 18.9. The molecule has 0 spiro atoms. The Balaban J connectivity index is 0.000000357. The summed E-state index contributed by atoms with van der Waals surface area (Å²) in [5.41, 5.74) is 1.53. The third kappa shape index (κ3) is 4.17. The Kier molecular flexibility index (Phi) is 5.31. The molecule has 96 valence electrons. The van der Waals surface area contributed by atoms with Gasteiger partial charge in [-0.1, -0.05) is 42.5 Å². The zero-order valence-electron chi connectivity index (χ0n) is 9.22. The molecule has 6 heteroatoms. The van der Waals surface area contributed by atoms with Gasteiger partial charge in [-0.05, 0) is 11.6 Å². The molecule has 0 aliphatic carbocycles. The summed E-state index contributed by atoms with van der Waals surface area (Å²) >= 11 is -2.61. The topological polar surface area (TPSA) is 98.0 Å². The minimum absolute atomic E-state index is 0.0706. The van der Waals surface area contributed by atoms with Crippen molar-refractivity contribution in [2.45, 2.75) is 0 Å². The number of rotatable bonds is 1. The van der Waals surface area contributed by atoms with E-state index in [9.17, 15) is 10.2 Å². The Labute approximate surface area is 106 Å². The van der Waals surface area contributed by atoms with Gasteiger partial charge in [-0.2, -0.15) is 4.21 Å². The molecule has 0 saturated heterocycles. The van der Waals surface area contributed by atoms with Crippen LogP contribution in [0.4, 0.5) is 0 Å². The van der Waals surface area contributed by atoms with Gasteiger partial charge in [0.2, 0.25) is 0 Å². The van der Waals surface area contributed by atoms with Crippen molar-refractivity contribution in [3.05, 3.63) is 48.5 Å². The standard InChI is InChI=1S/C12H10O2.H2O3S/c13-11-8-4-7-10(12(11)14)9-5-2-1-3-6-9;1-4(2)3/h1-8,13-14H;(H2,1,2,3). The van der Waals surface area contributed by atoms with E-state index < -0.39 is 11.4 Å². The van der Waals surface area contributed by atoms with Gasteiger partial charge in [-0.25, -0.2) is 0 Å². The number of hydrogen-bond donors (Lipinski definition) is 4. The molecule has 0 atom stereocenters. The Morgan fingerprint density at radius 1 is 0.833 bits per heavy atom. The van der Waals surface area contributed by atoms with E-state index in [1.54, 1.807) is 12.1 Å². The summed E-state index contributed by atoms with van der Waals surface area (Å²) in [6, 6.07) is 14.4. The van der Waals surface area contributed by atoms with Crippen molar-refractivity contribution in [2.24, 2.45) is 0 Å². The molecule has 0 bridgehead atoms. The van der Waals surface area contributed by atoms with Gasteiger partial charge in [-0.3, -0.25) is 9.11 Å². The first kappa shape index (κ1) is 14.2. The van der Waals surface area contributed by atoms with Crippen LogP contribution in [-0.4, -0.2) is 23.5 Å². The van der Waals surface area contributed by atoms with Crippen molar-refractivity contribution < 1.29 is 23.5 Å². The maximum absolute atomic E-state index is 9.60. The van der Waals surface area contributed by atoms with E-state index in [0.29, 0.717) is 5.56 Å². The summed E-state index contributed by atoms with van der Waals surface area (Å²) in [7, 11) is 0.